The molecular formula is C23H21FN4O3. The van der Waals surface area contributed by atoms with Gasteiger partial charge in [-0.3, -0.25) is 9.59 Å². The highest BCUT2D eigenvalue weighted by atomic mass is 19.1. The quantitative estimate of drug-likeness (QED) is 0.674. The van der Waals surface area contributed by atoms with E-state index in [4.69, 9.17) is 4.74 Å². The van der Waals surface area contributed by atoms with E-state index in [1.165, 1.54) is 11.0 Å². The van der Waals surface area contributed by atoms with Crippen molar-refractivity contribution in [1.82, 2.24) is 9.97 Å². The Labute approximate surface area is 178 Å². The van der Waals surface area contributed by atoms with E-state index >= 15 is 0 Å². The minimum absolute atomic E-state index is 0.0325. The third-order valence-electron chi connectivity index (χ3n) is 5.10. The molecule has 31 heavy (non-hydrogen) atoms. The van der Waals surface area contributed by atoms with Gasteiger partial charge in [-0.2, -0.15) is 0 Å². The summed E-state index contributed by atoms with van der Waals surface area (Å²) in [4.78, 5) is 34.5. The number of nitrogens with one attached hydrogen (secondary N) is 1. The first-order valence-corrected chi connectivity index (χ1v) is 9.83. The van der Waals surface area contributed by atoms with Gasteiger partial charge in [0.05, 0.1) is 11.6 Å². The summed E-state index contributed by atoms with van der Waals surface area (Å²) >= 11 is 0. The van der Waals surface area contributed by atoms with Crippen molar-refractivity contribution in [2.75, 3.05) is 16.8 Å². The van der Waals surface area contributed by atoms with E-state index in [2.05, 4.69) is 15.3 Å². The van der Waals surface area contributed by atoms with Crippen LogP contribution in [-0.4, -0.2) is 28.3 Å². The van der Waals surface area contributed by atoms with Crippen molar-refractivity contribution in [2.24, 2.45) is 5.92 Å². The smallest absolute Gasteiger partial charge is 0.321 e. The van der Waals surface area contributed by atoms with Crippen LogP contribution in [0.5, 0.6) is 11.8 Å². The van der Waals surface area contributed by atoms with E-state index in [0.717, 1.165) is 11.1 Å². The monoisotopic (exact) mass is 420 g/mol. The Bertz CT molecular complexity index is 1140. The lowest BCUT2D eigenvalue weighted by Gasteiger charge is -2.18. The van der Waals surface area contributed by atoms with Gasteiger partial charge in [-0.1, -0.05) is 6.07 Å². The fourth-order valence-electron chi connectivity index (χ4n) is 3.47. The van der Waals surface area contributed by atoms with E-state index in [-0.39, 0.29) is 36.5 Å². The topological polar surface area (TPSA) is 84.4 Å². The van der Waals surface area contributed by atoms with Gasteiger partial charge in [0, 0.05) is 31.0 Å². The molecule has 2 aromatic carbocycles. The summed E-state index contributed by atoms with van der Waals surface area (Å²) in [7, 11) is 0. The third-order valence-corrected chi connectivity index (χ3v) is 5.10. The molecule has 0 spiro atoms. The highest BCUT2D eigenvalue weighted by molar-refractivity contribution is 6.03. The van der Waals surface area contributed by atoms with Gasteiger partial charge in [0.25, 0.3) is 0 Å². The molecule has 8 heteroatoms. The average Bonchev–Trinajstić information content (AvgIpc) is 3.12. The number of ether oxygens (including phenoxy) is 1. The number of amides is 2. The van der Waals surface area contributed by atoms with E-state index in [0.29, 0.717) is 11.4 Å². The number of aromatic nitrogens is 2. The number of carbonyl (C=O) groups is 2. The summed E-state index contributed by atoms with van der Waals surface area (Å²) in [6, 6.07) is 11.8. The van der Waals surface area contributed by atoms with Gasteiger partial charge >= 0.3 is 6.01 Å². The van der Waals surface area contributed by atoms with Crippen molar-refractivity contribution in [3.05, 3.63) is 71.8 Å². The Morgan fingerprint density at radius 2 is 1.94 bits per heavy atom. The maximum atomic E-state index is 14.3. The molecule has 0 aliphatic carbocycles. The standard InChI is InChI=1S/C23H21FN4O3/c1-14-4-7-20(18(24)10-14)28-13-16(12-21(28)29)22(30)27-19-6-5-17(11-15(19)2)31-23-25-8-3-9-26-23/h3-11,16H,12-13H2,1-2H3,(H,27,30). The lowest BCUT2D eigenvalue weighted by atomic mass is 10.1. The first-order chi connectivity index (χ1) is 14.9. The molecule has 1 aliphatic rings. The second-order valence-electron chi connectivity index (χ2n) is 7.46. The van der Waals surface area contributed by atoms with Gasteiger partial charge in [-0.05, 0) is 61.4 Å². The van der Waals surface area contributed by atoms with Crippen LogP contribution in [0.3, 0.4) is 0 Å². The van der Waals surface area contributed by atoms with Crippen molar-refractivity contribution < 1.29 is 18.7 Å². The number of carbonyl (C=O) groups excluding carboxylic acids is 2. The van der Waals surface area contributed by atoms with Crippen LogP contribution in [-0.2, 0) is 9.59 Å². The Morgan fingerprint density at radius 1 is 1.16 bits per heavy atom. The average molecular weight is 420 g/mol. The largest absolute Gasteiger partial charge is 0.424 e. The maximum Gasteiger partial charge on any atom is 0.321 e. The summed E-state index contributed by atoms with van der Waals surface area (Å²) in [6.45, 7) is 3.75. The van der Waals surface area contributed by atoms with E-state index in [1.807, 2.05) is 6.92 Å². The first-order valence-electron chi connectivity index (χ1n) is 9.83. The normalized spacial score (nSPS) is 15.8. The molecular weight excluding hydrogens is 399 g/mol. The van der Waals surface area contributed by atoms with Crippen molar-refractivity contribution >= 4 is 23.2 Å². The number of halogens is 1. The number of hydrogen-bond donors (Lipinski definition) is 1. The van der Waals surface area contributed by atoms with Gasteiger partial charge in [-0.25, -0.2) is 14.4 Å². The van der Waals surface area contributed by atoms with E-state index < -0.39 is 11.7 Å². The second kappa shape index (κ2) is 8.51. The van der Waals surface area contributed by atoms with Gasteiger partial charge < -0.3 is 15.0 Å². The molecule has 158 valence electrons. The zero-order valence-corrected chi connectivity index (χ0v) is 17.1. The van der Waals surface area contributed by atoms with Crippen molar-refractivity contribution in [1.29, 1.82) is 0 Å². The number of aryl methyl sites for hydroxylation is 2. The molecule has 1 aromatic heterocycles. The predicted molar refractivity (Wildman–Crippen MR) is 114 cm³/mol. The molecule has 4 rings (SSSR count). The highest BCUT2D eigenvalue weighted by Crippen LogP contribution is 2.30. The van der Waals surface area contributed by atoms with Crippen LogP contribution in [0.25, 0.3) is 0 Å². The zero-order chi connectivity index (χ0) is 22.0. The summed E-state index contributed by atoms with van der Waals surface area (Å²) in [6.07, 6.45) is 3.20. The highest BCUT2D eigenvalue weighted by Gasteiger charge is 2.36. The summed E-state index contributed by atoms with van der Waals surface area (Å²) in [5.74, 6) is -1.05. The number of rotatable bonds is 5. The van der Waals surface area contributed by atoms with Crippen molar-refractivity contribution in [2.45, 2.75) is 20.3 Å². The molecule has 1 fully saturated rings. The van der Waals surface area contributed by atoms with E-state index in [1.54, 1.807) is 55.7 Å². The van der Waals surface area contributed by atoms with Crippen LogP contribution in [0, 0.1) is 25.6 Å². The van der Waals surface area contributed by atoms with Gasteiger partial charge in [0.2, 0.25) is 11.8 Å². The number of hydrogen-bond acceptors (Lipinski definition) is 5. The lowest BCUT2D eigenvalue weighted by Crippen LogP contribution is -2.28. The van der Waals surface area contributed by atoms with Crippen LogP contribution in [0.15, 0.2) is 54.9 Å². The van der Waals surface area contributed by atoms with Gasteiger partial charge in [0.1, 0.15) is 11.6 Å². The molecule has 2 heterocycles. The lowest BCUT2D eigenvalue weighted by molar-refractivity contribution is -0.122. The Morgan fingerprint density at radius 3 is 2.65 bits per heavy atom. The van der Waals surface area contributed by atoms with Crippen LogP contribution in [0.4, 0.5) is 15.8 Å². The molecule has 2 amide bonds. The molecule has 3 aromatic rings. The second-order valence-corrected chi connectivity index (χ2v) is 7.46. The van der Waals surface area contributed by atoms with Gasteiger partial charge in [-0.15, -0.1) is 0 Å². The van der Waals surface area contributed by atoms with Crippen LogP contribution in [0.1, 0.15) is 17.5 Å². The van der Waals surface area contributed by atoms with Crippen molar-refractivity contribution in [3.8, 4) is 11.8 Å². The van der Waals surface area contributed by atoms with Gasteiger partial charge in [0.15, 0.2) is 0 Å². The van der Waals surface area contributed by atoms with Crippen molar-refractivity contribution in [3.63, 3.8) is 0 Å². The Balaban J connectivity index is 1.43. The minimum atomic E-state index is -0.568. The molecule has 7 nitrogen and oxygen atoms in total. The number of nitrogens with zero attached hydrogens (tertiary/aromatic N) is 3. The first kappa shape index (κ1) is 20.5. The molecule has 1 saturated heterocycles. The summed E-state index contributed by atoms with van der Waals surface area (Å²) in [5, 5.41) is 2.86. The van der Waals surface area contributed by atoms with E-state index in [9.17, 15) is 14.0 Å². The molecule has 0 radical (unpaired) electrons. The fourth-order valence-corrected chi connectivity index (χ4v) is 3.47. The number of anilines is 2. The SMILES string of the molecule is Cc1ccc(N2CC(C(=O)Nc3ccc(Oc4ncccn4)cc3C)CC2=O)c(F)c1. The summed E-state index contributed by atoms with van der Waals surface area (Å²) in [5.41, 5.74) is 2.36. The molecule has 1 N–H and O–H groups in total. The molecule has 0 saturated carbocycles. The molecule has 0 bridgehead atoms. The Hall–Kier alpha value is -3.81. The van der Waals surface area contributed by atoms with Crippen LogP contribution in [0.2, 0.25) is 0 Å². The maximum absolute atomic E-state index is 14.3. The third kappa shape index (κ3) is 4.53. The minimum Gasteiger partial charge on any atom is -0.424 e. The van der Waals surface area contributed by atoms with Crippen LogP contribution >= 0.6 is 0 Å². The molecule has 1 unspecified atom stereocenters. The zero-order valence-electron chi connectivity index (χ0n) is 17.1. The van der Waals surface area contributed by atoms with Crippen LogP contribution < -0.4 is 15.0 Å². The molecule has 1 aliphatic heterocycles. The molecule has 1 atom stereocenters. The number of benzene rings is 2. The predicted octanol–water partition coefficient (Wildman–Crippen LogP) is 4.02. The summed E-state index contributed by atoms with van der Waals surface area (Å²) < 4.78 is 19.9. The Kier molecular flexibility index (Phi) is 5.62. The fraction of sp³-hybridized carbons (Fsp3) is 0.217.